The first-order chi connectivity index (χ1) is 10.6. The highest BCUT2D eigenvalue weighted by atomic mass is 19.1. The molecule has 1 aromatic heterocycles. The molecule has 0 spiro atoms. The number of hydrogen-bond donors (Lipinski definition) is 0. The van der Waals surface area contributed by atoms with Crippen molar-refractivity contribution in [3.05, 3.63) is 35.6 Å². The van der Waals surface area contributed by atoms with Crippen molar-refractivity contribution in [1.82, 2.24) is 9.78 Å². The molecule has 2 aromatic rings. The van der Waals surface area contributed by atoms with Crippen LogP contribution in [0.5, 0.6) is 5.88 Å². The molecule has 0 amide bonds. The van der Waals surface area contributed by atoms with Crippen LogP contribution < -0.4 is 4.74 Å². The molecular formula is C18H23FN2O. The summed E-state index contributed by atoms with van der Waals surface area (Å²) in [6.45, 7) is 7.19. The fourth-order valence-corrected chi connectivity index (χ4v) is 3.08. The zero-order chi connectivity index (χ0) is 15.7. The smallest absolute Gasteiger partial charge is 0.216 e. The Morgan fingerprint density at radius 2 is 2.14 bits per heavy atom. The lowest BCUT2D eigenvalue weighted by molar-refractivity contribution is 0.182. The summed E-state index contributed by atoms with van der Waals surface area (Å²) in [4.78, 5) is 0. The Morgan fingerprint density at radius 3 is 2.82 bits per heavy atom. The Bertz CT molecular complexity index is 663. The second-order valence-corrected chi connectivity index (χ2v) is 6.22. The van der Waals surface area contributed by atoms with Crippen LogP contribution in [0.4, 0.5) is 4.39 Å². The largest absolute Gasteiger partial charge is 0.474 e. The predicted molar refractivity (Wildman–Crippen MR) is 85.7 cm³/mol. The van der Waals surface area contributed by atoms with Gasteiger partial charge in [0.2, 0.25) is 5.88 Å². The number of rotatable bonds is 3. The van der Waals surface area contributed by atoms with Crippen molar-refractivity contribution in [3.63, 3.8) is 0 Å². The van der Waals surface area contributed by atoms with Gasteiger partial charge in [0.1, 0.15) is 17.6 Å². The summed E-state index contributed by atoms with van der Waals surface area (Å²) < 4.78 is 22.4. The summed E-state index contributed by atoms with van der Waals surface area (Å²) in [6.07, 6.45) is 3.30. The van der Waals surface area contributed by atoms with Crippen LogP contribution in [0.1, 0.15) is 51.5 Å². The average molecular weight is 302 g/mol. The van der Waals surface area contributed by atoms with Crippen LogP contribution in [0, 0.1) is 5.82 Å². The second kappa shape index (κ2) is 6.11. The number of halogens is 1. The van der Waals surface area contributed by atoms with Gasteiger partial charge < -0.3 is 4.74 Å². The second-order valence-electron chi connectivity index (χ2n) is 6.22. The number of aromatic nitrogens is 2. The molecular weight excluding hydrogens is 279 g/mol. The summed E-state index contributed by atoms with van der Waals surface area (Å²) in [7, 11) is 0. The maximum Gasteiger partial charge on any atom is 0.216 e. The highest BCUT2D eigenvalue weighted by Crippen LogP contribution is 2.39. The molecule has 0 radical (unpaired) electrons. The van der Waals surface area contributed by atoms with Gasteiger partial charge in [0.25, 0.3) is 0 Å². The van der Waals surface area contributed by atoms with Crippen LogP contribution in [-0.2, 0) is 6.54 Å². The lowest BCUT2D eigenvalue weighted by atomic mass is 9.98. The maximum absolute atomic E-state index is 14.2. The SMILES string of the molecule is CC[C@H]1CCCn2nc(-c3ccccc3F)c(C(C)C)c2O1. The Kier molecular flexibility index (Phi) is 4.19. The molecule has 3 nitrogen and oxygen atoms in total. The number of fused-ring (bicyclic) bond motifs is 1. The van der Waals surface area contributed by atoms with Crippen LogP contribution >= 0.6 is 0 Å². The number of nitrogens with zero attached hydrogens (tertiary/aromatic N) is 2. The fraction of sp³-hybridized carbons (Fsp3) is 0.500. The molecule has 0 saturated carbocycles. The molecule has 0 saturated heterocycles. The van der Waals surface area contributed by atoms with Gasteiger partial charge >= 0.3 is 0 Å². The summed E-state index contributed by atoms with van der Waals surface area (Å²) in [5.41, 5.74) is 2.30. The molecule has 0 aliphatic carbocycles. The van der Waals surface area contributed by atoms with E-state index < -0.39 is 0 Å². The standard InChI is InChI=1S/C18H23FN2O/c1-4-13-8-7-11-21-18(22-13)16(12(2)3)17(20-21)14-9-5-6-10-15(14)19/h5-6,9-10,12-13H,4,7-8,11H2,1-3H3/t13-/m0/s1. The van der Waals surface area contributed by atoms with Crippen molar-refractivity contribution < 1.29 is 9.13 Å². The third-order valence-electron chi connectivity index (χ3n) is 4.28. The molecule has 0 N–H and O–H groups in total. The lowest BCUT2D eigenvalue weighted by Crippen LogP contribution is -2.15. The van der Waals surface area contributed by atoms with Crippen LogP contribution in [0.25, 0.3) is 11.3 Å². The van der Waals surface area contributed by atoms with Crippen molar-refractivity contribution in [3.8, 4) is 17.1 Å². The molecule has 1 aliphatic heterocycles. The number of benzene rings is 1. The van der Waals surface area contributed by atoms with E-state index in [2.05, 4.69) is 25.9 Å². The Hall–Kier alpha value is -1.84. The first kappa shape index (κ1) is 15.1. The fourth-order valence-electron chi connectivity index (χ4n) is 3.08. The van der Waals surface area contributed by atoms with E-state index in [1.54, 1.807) is 12.1 Å². The van der Waals surface area contributed by atoms with Gasteiger partial charge in [-0.25, -0.2) is 9.07 Å². The molecule has 3 rings (SSSR count). The first-order valence-electron chi connectivity index (χ1n) is 8.14. The van der Waals surface area contributed by atoms with Crippen LogP contribution in [0.3, 0.4) is 0 Å². The van der Waals surface area contributed by atoms with Crippen LogP contribution in [0.2, 0.25) is 0 Å². The van der Waals surface area contributed by atoms with Gasteiger partial charge in [-0.05, 0) is 37.3 Å². The molecule has 1 atom stereocenters. The molecule has 4 heteroatoms. The van der Waals surface area contributed by atoms with E-state index in [4.69, 9.17) is 4.74 Å². The Morgan fingerprint density at radius 1 is 1.36 bits per heavy atom. The van der Waals surface area contributed by atoms with Crippen molar-refractivity contribution in [1.29, 1.82) is 0 Å². The van der Waals surface area contributed by atoms with Crippen LogP contribution in [0.15, 0.2) is 24.3 Å². The molecule has 1 aromatic carbocycles. The third-order valence-corrected chi connectivity index (χ3v) is 4.28. The normalized spacial score (nSPS) is 18.0. The van der Waals surface area contributed by atoms with Crippen molar-refractivity contribution >= 4 is 0 Å². The van der Waals surface area contributed by atoms with Gasteiger partial charge in [0.05, 0.1) is 0 Å². The predicted octanol–water partition coefficient (Wildman–Crippen LogP) is 4.76. The monoisotopic (exact) mass is 302 g/mol. The highest BCUT2D eigenvalue weighted by molar-refractivity contribution is 5.67. The van der Waals surface area contributed by atoms with E-state index in [0.717, 1.165) is 42.9 Å². The average Bonchev–Trinajstić information content (AvgIpc) is 2.73. The number of ether oxygens (including phenoxy) is 1. The zero-order valence-electron chi connectivity index (χ0n) is 13.5. The van der Waals surface area contributed by atoms with Gasteiger partial charge in [-0.3, -0.25) is 0 Å². The molecule has 118 valence electrons. The van der Waals surface area contributed by atoms with Gasteiger partial charge in [0, 0.05) is 17.7 Å². The third kappa shape index (κ3) is 2.62. The van der Waals surface area contributed by atoms with E-state index in [1.807, 2.05) is 10.7 Å². The molecule has 2 heterocycles. The van der Waals surface area contributed by atoms with Crippen molar-refractivity contribution in [2.45, 2.75) is 58.6 Å². The molecule has 0 fully saturated rings. The quantitative estimate of drug-likeness (QED) is 0.817. The Labute approximate surface area is 131 Å². The Balaban J connectivity index is 2.15. The summed E-state index contributed by atoms with van der Waals surface area (Å²) in [5, 5.41) is 4.68. The van der Waals surface area contributed by atoms with E-state index in [-0.39, 0.29) is 17.8 Å². The van der Waals surface area contributed by atoms with E-state index in [0.29, 0.717) is 5.56 Å². The lowest BCUT2D eigenvalue weighted by Gasteiger charge is -2.16. The van der Waals surface area contributed by atoms with Crippen LogP contribution in [-0.4, -0.2) is 15.9 Å². The molecule has 0 unspecified atom stereocenters. The number of aryl methyl sites for hydroxylation is 1. The maximum atomic E-state index is 14.2. The van der Waals surface area contributed by atoms with E-state index >= 15 is 0 Å². The van der Waals surface area contributed by atoms with Crippen molar-refractivity contribution in [2.24, 2.45) is 0 Å². The summed E-state index contributed by atoms with van der Waals surface area (Å²) in [6, 6.07) is 6.84. The summed E-state index contributed by atoms with van der Waals surface area (Å²) >= 11 is 0. The van der Waals surface area contributed by atoms with Gasteiger partial charge in [-0.1, -0.05) is 32.9 Å². The minimum atomic E-state index is -0.232. The first-order valence-corrected chi connectivity index (χ1v) is 8.14. The molecule has 0 bridgehead atoms. The van der Waals surface area contributed by atoms with Crippen molar-refractivity contribution in [2.75, 3.05) is 0 Å². The molecule has 1 aliphatic rings. The number of hydrogen-bond acceptors (Lipinski definition) is 2. The van der Waals surface area contributed by atoms with E-state index in [1.165, 1.54) is 6.07 Å². The summed E-state index contributed by atoms with van der Waals surface area (Å²) in [5.74, 6) is 0.830. The van der Waals surface area contributed by atoms with Gasteiger partial charge in [-0.15, -0.1) is 0 Å². The van der Waals surface area contributed by atoms with Gasteiger partial charge in [-0.2, -0.15) is 5.10 Å². The highest BCUT2D eigenvalue weighted by Gasteiger charge is 2.27. The molecule has 22 heavy (non-hydrogen) atoms. The minimum Gasteiger partial charge on any atom is -0.474 e. The topological polar surface area (TPSA) is 27.1 Å². The minimum absolute atomic E-state index is 0.226. The van der Waals surface area contributed by atoms with Gasteiger partial charge in [0.15, 0.2) is 0 Å². The van der Waals surface area contributed by atoms with E-state index in [9.17, 15) is 4.39 Å². The zero-order valence-corrected chi connectivity index (χ0v) is 13.5.